The number of fused-ring (bicyclic) bond motifs is 1. The van der Waals surface area contributed by atoms with Crippen LogP contribution in [0, 0.1) is 5.92 Å². The first-order valence-corrected chi connectivity index (χ1v) is 11.7. The minimum Gasteiger partial charge on any atom is -0.444 e. The summed E-state index contributed by atoms with van der Waals surface area (Å²) in [7, 11) is 0. The molecule has 0 spiro atoms. The molecule has 0 fully saturated rings. The minimum atomic E-state index is -0.518. The first-order chi connectivity index (χ1) is 15.1. The first-order valence-electron chi connectivity index (χ1n) is 11.7. The fourth-order valence-electron chi connectivity index (χ4n) is 4.37. The average Bonchev–Trinajstić information content (AvgIpc) is 2.70. The second-order valence-electron chi connectivity index (χ2n) is 10.4. The molecule has 0 aromatic heterocycles. The van der Waals surface area contributed by atoms with Gasteiger partial charge in [-0.1, -0.05) is 50.2 Å². The third-order valence-corrected chi connectivity index (χ3v) is 5.84. The summed E-state index contributed by atoms with van der Waals surface area (Å²) in [6, 6.07) is 16.8. The van der Waals surface area contributed by atoms with Crippen molar-refractivity contribution in [3.05, 3.63) is 65.2 Å². The lowest BCUT2D eigenvalue weighted by molar-refractivity contribution is 0.0194. The van der Waals surface area contributed by atoms with E-state index in [0.717, 1.165) is 37.2 Å². The standard InChI is InChI=1S/C27H39N3O2/c1-20(2)15-25-17-23-16-24(28)12-11-22(23)19-29(25)13-14-30(26(31)32-27(3,4)5)18-21-9-7-6-8-10-21/h6-12,16,20,25H,13-15,17-19,28H2,1-5H3. The molecule has 0 aliphatic carbocycles. The van der Waals surface area contributed by atoms with E-state index in [9.17, 15) is 4.79 Å². The Balaban J connectivity index is 1.75. The van der Waals surface area contributed by atoms with Gasteiger partial charge in [0.2, 0.25) is 0 Å². The Bertz CT molecular complexity index is 890. The van der Waals surface area contributed by atoms with Crippen LogP contribution in [0.1, 0.15) is 57.7 Å². The quantitative estimate of drug-likeness (QED) is 0.583. The monoisotopic (exact) mass is 437 g/mol. The first kappa shape index (κ1) is 24.1. The van der Waals surface area contributed by atoms with Crippen molar-refractivity contribution >= 4 is 11.8 Å². The van der Waals surface area contributed by atoms with E-state index in [1.165, 1.54) is 11.1 Å². The maximum atomic E-state index is 13.0. The number of rotatable bonds is 7. The molecule has 1 aliphatic rings. The molecule has 1 heterocycles. The number of nitrogen functional groups attached to an aromatic ring is 1. The van der Waals surface area contributed by atoms with Gasteiger partial charge in [0.1, 0.15) is 5.60 Å². The van der Waals surface area contributed by atoms with Crippen LogP contribution in [-0.4, -0.2) is 40.6 Å². The lowest BCUT2D eigenvalue weighted by Gasteiger charge is -2.39. The van der Waals surface area contributed by atoms with Crippen LogP contribution in [0.2, 0.25) is 0 Å². The van der Waals surface area contributed by atoms with E-state index >= 15 is 0 Å². The van der Waals surface area contributed by atoms with Crippen LogP contribution in [0.4, 0.5) is 10.5 Å². The lowest BCUT2D eigenvalue weighted by atomic mass is 9.89. The Kier molecular flexibility index (Phi) is 7.83. The van der Waals surface area contributed by atoms with Crippen molar-refractivity contribution in [1.29, 1.82) is 0 Å². The lowest BCUT2D eigenvalue weighted by Crippen LogP contribution is -2.46. The molecule has 3 rings (SSSR count). The van der Waals surface area contributed by atoms with Crippen LogP contribution in [-0.2, 0) is 24.2 Å². The molecule has 0 saturated heterocycles. The topological polar surface area (TPSA) is 58.8 Å². The molecule has 1 amide bonds. The van der Waals surface area contributed by atoms with E-state index in [1.807, 2.05) is 49.9 Å². The summed E-state index contributed by atoms with van der Waals surface area (Å²) >= 11 is 0. The van der Waals surface area contributed by atoms with Gasteiger partial charge in [0.25, 0.3) is 0 Å². The SMILES string of the molecule is CC(C)CC1Cc2cc(N)ccc2CN1CCN(Cc1ccccc1)C(=O)OC(C)(C)C. The molecule has 2 aromatic rings. The third-order valence-electron chi connectivity index (χ3n) is 5.84. The summed E-state index contributed by atoms with van der Waals surface area (Å²) < 4.78 is 5.73. The number of nitrogens with two attached hydrogens (primary N) is 1. The maximum absolute atomic E-state index is 13.0. The molecule has 0 saturated carbocycles. The fraction of sp³-hybridized carbons (Fsp3) is 0.519. The third kappa shape index (κ3) is 6.99. The van der Waals surface area contributed by atoms with E-state index < -0.39 is 5.60 Å². The van der Waals surface area contributed by atoms with E-state index in [1.54, 1.807) is 0 Å². The molecule has 1 aliphatic heterocycles. The Morgan fingerprint density at radius 1 is 1.16 bits per heavy atom. The number of nitrogens with zero attached hydrogens (tertiary/aromatic N) is 2. The van der Waals surface area contributed by atoms with E-state index in [-0.39, 0.29) is 6.09 Å². The zero-order valence-electron chi connectivity index (χ0n) is 20.3. The molecule has 2 N–H and O–H groups in total. The van der Waals surface area contributed by atoms with Gasteiger partial charge in [-0.05, 0) is 68.4 Å². The van der Waals surface area contributed by atoms with Crippen molar-refractivity contribution in [2.45, 2.75) is 72.2 Å². The van der Waals surface area contributed by atoms with Gasteiger partial charge in [-0.15, -0.1) is 0 Å². The summed E-state index contributed by atoms with van der Waals surface area (Å²) in [5.41, 5.74) is 10.2. The van der Waals surface area contributed by atoms with Crippen molar-refractivity contribution in [3.8, 4) is 0 Å². The number of hydrogen-bond acceptors (Lipinski definition) is 4. The number of carbonyl (C=O) groups is 1. The van der Waals surface area contributed by atoms with Gasteiger partial charge in [-0.3, -0.25) is 4.90 Å². The zero-order chi connectivity index (χ0) is 23.3. The molecule has 5 heteroatoms. The molecule has 1 atom stereocenters. The number of carbonyl (C=O) groups excluding carboxylic acids is 1. The molecule has 174 valence electrons. The van der Waals surface area contributed by atoms with Crippen LogP contribution >= 0.6 is 0 Å². The van der Waals surface area contributed by atoms with Crippen LogP contribution in [0.25, 0.3) is 0 Å². The summed E-state index contributed by atoms with van der Waals surface area (Å²) in [6.45, 7) is 13.2. The van der Waals surface area contributed by atoms with Gasteiger partial charge in [0.05, 0.1) is 0 Å². The summed E-state index contributed by atoms with van der Waals surface area (Å²) in [5.74, 6) is 0.608. The Morgan fingerprint density at radius 3 is 2.53 bits per heavy atom. The number of amides is 1. The van der Waals surface area contributed by atoms with Gasteiger partial charge in [0.15, 0.2) is 0 Å². The Labute approximate surface area is 193 Å². The van der Waals surface area contributed by atoms with E-state index in [4.69, 9.17) is 10.5 Å². The molecule has 0 bridgehead atoms. The Morgan fingerprint density at radius 2 is 1.88 bits per heavy atom. The van der Waals surface area contributed by atoms with E-state index in [0.29, 0.717) is 25.0 Å². The van der Waals surface area contributed by atoms with Crippen molar-refractivity contribution in [2.75, 3.05) is 18.8 Å². The Hall–Kier alpha value is -2.53. The highest BCUT2D eigenvalue weighted by Crippen LogP contribution is 2.28. The molecular formula is C27H39N3O2. The number of anilines is 1. The van der Waals surface area contributed by atoms with Crippen LogP contribution in [0.5, 0.6) is 0 Å². The zero-order valence-corrected chi connectivity index (χ0v) is 20.3. The molecule has 0 radical (unpaired) electrons. The normalized spacial score (nSPS) is 16.6. The second kappa shape index (κ2) is 10.4. The highest BCUT2D eigenvalue weighted by Gasteiger charge is 2.29. The summed E-state index contributed by atoms with van der Waals surface area (Å²) in [5, 5.41) is 0. The van der Waals surface area contributed by atoms with Gasteiger partial charge < -0.3 is 15.4 Å². The number of ether oxygens (including phenoxy) is 1. The summed E-state index contributed by atoms with van der Waals surface area (Å²) in [6.07, 6.45) is 1.87. The van der Waals surface area contributed by atoms with Gasteiger partial charge in [0, 0.05) is 37.9 Å². The van der Waals surface area contributed by atoms with Gasteiger partial charge in [-0.25, -0.2) is 4.79 Å². The van der Waals surface area contributed by atoms with Crippen molar-refractivity contribution in [3.63, 3.8) is 0 Å². The second-order valence-corrected chi connectivity index (χ2v) is 10.4. The van der Waals surface area contributed by atoms with Crippen molar-refractivity contribution < 1.29 is 9.53 Å². The van der Waals surface area contributed by atoms with E-state index in [2.05, 4.69) is 43.0 Å². The van der Waals surface area contributed by atoms with Crippen molar-refractivity contribution in [2.24, 2.45) is 5.92 Å². The predicted octanol–water partition coefficient (Wildman–Crippen LogP) is 5.48. The van der Waals surface area contributed by atoms with Crippen LogP contribution in [0.3, 0.4) is 0 Å². The predicted molar refractivity (Wildman–Crippen MR) is 131 cm³/mol. The molecular weight excluding hydrogens is 398 g/mol. The largest absolute Gasteiger partial charge is 0.444 e. The molecule has 5 nitrogen and oxygen atoms in total. The highest BCUT2D eigenvalue weighted by molar-refractivity contribution is 5.68. The molecule has 32 heavy (non-hydrogen) atoms. The van der Waals surface area contributed by atoms with Crippen LogP contribution in [0.15, 0.2) is 48.5 Å². The highest BCUT2D eigenvalue weighted by atomic mass is 16.6. The molecule has 2 aromatic carbocycles. The number of hydrogen-bond donors (Lipinski definition) is 1. The fourth-order valence-corrected chi connectivity index (χ4v) is 4.37. The van der Waals surface area contributed by atoms with Gasteiger partial charge >= 0.3 is 6.09 Å². The summed E-state index contributed by atoms with van der Waals surface area (Å²) in [4.78, 5) is 17.4. The van der Waals surface area contributed by atoms with Crippen LogP contribution < -0.4 is 5.73 Å². The maximum Gasteiger partial charge on any atom is 0.410 e. The van der Waals surface area contributed by atoms with Crippen molar-refractivity contribution in [1.82, 2.24) is 9.80 Å². The molecule has 1 unspecified atom stereocenters. The number of benzene rings is 2. The minimum absolute atomic E-state index is 0.257. The smallest absolute Gasteiger partial charge is 0.410 e. The van der Waals surface area contributed by atoms with Gasteiger partial charge in [-0.2, -0.15) is 0 Å². The average molecular weight is 438 g/mol.